The molecule has 6 atom stereocenters. The average molecular weight is 400 g/mol. The van der Waals surface area contributed by atoms with Crippen LogP contribution in [0, 0.1) is 0 Å². The summed E-state index contributed by atoms with van der Waals surface area (Å²) in [4.78, 5) is 23.7. The molecule has 8 nitrogen and oxygen atoms in total. The van der Waals surface area contributed by atoms with E-state index in [4.69, 9.17) is 9.47 Å². The molecule has 160 valence electrons. The number of ether oxygens (including phenoxy) is 2. The minimum atomic E-state index is -0.945. The number of hydrogen-bond acceptors (Lipinski definition) is 8. The molecule has 0 aliphatic carbocycles. The number of esters is 2. The lowest BCUT2D eigenvalue weighted by atomic mass is 10.0. The van der Waals surface area contributed by atoms with Gasteiger partial charge in [-0.2, -0.15) is 0 Å². The Labute approximate surface area is 165 Å². The van der Waals surface area contributed by atoms with Crippen LogP contribution in [0.4, 0.5) is 0 Å². The van der Waals surface area contributed by atoms with E-state index in [-0.39, 0.29) is 38.5 Å². The van der Waals surface area contributed by atoms with E-state index in [1.165, 1.54) is 12.2 Å². The fourth-order valence-corrected chi connectivity index (χ4v) is 2.89. The van der Waals surface area contributed by atoms with E-state index in [9.17, 15) is 30.0 Å². The van der Waals surface area contributed by atoms with Gasteiger partial charge in [0.2, 0.25) is 0 Å². The summed E-state index contributed by atoms with van der Waals surface area (Å²) in [5, 5.41) is 39.5. The lowest BCUT2D eigenvalue weighted by Crippen LogP contribution is -2.24. The van der Waals surface area contributed by atoms with Gasteiger partial charge in [0, 0.05) is 25.0 Å². The van der Waals surface area contributed by atoms with Crippen LogP contribution < -0.4 is 0 Å². The standard InChI is InChI=1S/C20H32O8/c1-13(21)11-18-8-5-16(23)6-9-19(25)27-14(2)12-17(24)4-3-15(22)7-10-20(26)28-18/h6-7,9-10,13-18,21-24H,3-5,8,11-12H2,1-2H3/b9-6+,10-7+/t13-,14-,15+,16+,17+,18-/m0/s1. The summed E-state index contributed by atoms with van der Waals surface area (Å²) >= 11 is 0. The fraction of sp³-hybridized carbons (Fsp3) is 0.700. The molecule has 0 bridgehead atoms. The van der Waals surface area contributed by atoms with E-state index in [1.54, 1.807) is 13.8 Å². The summed E-state index contributed by atoms with van der Waals surface area (Å²) in [6.45, 7) is 3.22. The van der Waals surface area contributed by atoms with Gasteiger partial charge in [0.1, 0.15) is 12.2 Å². The summed E-state index contributed by atoms with van der Waals surface area (Å²) in [6, 6.07) is 0. The van der Waals surface area contributed by atoms with E-state index in [2.05, 4.69) is 0 Å². The molecule has 0 radical (unpaired) electrons. The fourth-order valence-electron chi connectivity index (χ4n) is 2.89. The number of aliphatic hydroxyl groups excluding tert-OH is 4. The van der Waals surface area contributed by atoms with E-state index in [0.29, 0.717) is 0 Å². The van der Waals surface area contributed by atoms with Crippen molar-refractivity contribution in [1.82, 2.24) is 0 Å². The Morgan fingerprint density at radius 1 is 0.964 bits per heavy atom. The first-order chi connectivity index (χ1) is 13.2. The smallest absolute Gasteiger partial charge is 0.330 e. The highest BCUT2D eigenvalue weighted by atomic mass is 16.5. The molecule has 1 aliphatic heterocycles. The molecule has 0 unspecified atom stereocenters. The molecular formula is C20H32O8. The number of rotatable bonds is 2. The second-order valence-corrected chi connectivity index (χ2v) is 7.29. The van der Waals surface area contributed by atoms with Crippen molar-refractivity contribution < 1.29 is 39.5 Å². The van der Waals surface area contributed by atoms with Crippen LogP contribution in [0.25, 0.3) is 0 Å². The Bertz CT molecular complexity index is 542. The molecule has 0 amide bonds. The average Bonchev–Trinajstić information content (AvgIpc) is 2.59. The highest BCUT2D eigenvalue weighted by Crippen LogP contribution is 2.15. The van der Waals surface area contributed by atoms with Gasteiger partial charge in [0.15, 0.2) is 0 Å². The third-order valence-corrected chi connectivity index (χ3v) is 4.30. The Morgan fingerprint density at radius 2 is 1.50 bits per heavy atom. The number of hydrogen-bond donors (Lipinski definition) is 4. The highest BCUT2D eigenvalue weighted by molar-refractivity contribution is 5.82. The van der Waals surface area contributed by atoms with Crippen molar-refractivity contribution in [2.75, 3.05) is 0 Å². The third-order valence-electron chi connectivity index (χ3n) is 4.30. The summed E-state index contributed by atoms with van der Waals surface area (Å²) in [7, 11) is 0. The van der Waals surface area contributed by atoms with Crippen molar-refractivity contribution in [3.8, 4) is 0 Å². The molecule has 1 aliphatic rings. The van der Waals surface area contributed by atoms with Crippen molar-refractivity contribution in [3.05, 3.63) is 24.3 Å². The minimum absolute atomic E-state index is 0.199. The molecule has 1 heterocycles. The lowest BCUT2D eigenvalue weighted by Gasteiger charge is -2.20. The van der Waals surface area contributed by atoms with E-state index < -0.39 is 48.6 Å². The van der Waals surface area contributed by atoms with E-state index >= 15 is 0 Å². The molecule has 8 heteroatoms. The summed E-state index contributed by atoms with van der Waals surface area (Å²) in [6.07, 6.45) is 1.75. The van der Waals surface area contributed by atoms with Crippen LogP contribution in [0.5, 0.6) is 0 Å². The minimum Gasteiger partial charge on any atom is -0.459 e. The molecule has 1 rings (SSSR count). The van der Waals surface area contributed by atoms with Crippen molar-refractivity contribution in [2.45, 2.75) is 89.0 Å². The molecule has 0 aromatic heterocycles. The molecule has 28 heavy (non-hydrogen) atoms. The van der Waals surface area contributed by atoms with Gasteiger partial charge < -0.3 is 29.9 Å². The SMILES string of the molecule is C[C@H](O)C[C@@H]1CC[C@@H](O)/C=C/C(=O)O[C@@H](C)C[C@H](O)CC[C@@H](O)/C=C/C(=O)O1. The van der Waals surface area contributed by atoms with Gasteiger partial charge in [-0.15, -0.1) is 0 Å². The van der Waals surface area contributed by atoms with E-state index in [0.717, 1.165) is 12.2 Å². The maximum atomic E-state index is 12.0. The first-order valence-electron chi connectivity index (χ1n) is 9.65. The zero-order chi connectivity index (χ0) is 21.1. The zero-order valence-corrected chi connectivity index (χ0v) is 16.4. The molecule has 0 aromatic rings. The van der Waals surface area contributed by atoms with Gasteiger partial charge in [-0.1, -0.05) is 0 Å². The Balaban J connectivity index is 2.84. The van der Waals surface area contributed by atoms with Crippen LogP contribution in [0.3, 0.4) is 0 Å². The third kappa shape index (κ3) is 11.2. The van der Waals surface area contributed by atoms with Gasteiger partial charge in [-0.25, -0.2) is 9.59 Å². The van der Waals surface area contributed by atoms with Crippen molar-refractivity contribution in [2.24, 2.45) is 0 Å². The Kier molecular flexibility index (Phi) is 11.0. The van der Waals surface area contributed by atoms with Crippen LogP contribution >= 0.6 is 0 Å². The summed E-state index contributed by atoms with van der Waals surface area (Å²) in [5.74, 6) is -1.29. The maximum absolute atomic E-state index is 12.0. The van der Waals surface area contributed by atoms with Crippen LogP contribution in [0.1, 0.15) is 52.4 Å². The van der Waals surface area contributed by atoms with Gasteiger partial charge in [0.25, 0.3) is 0 Å². The Hall–Kier alpha value is -1.74. The second kappa shape index (κ2) is 12.7. The predicted molar refractivity (Wildman–Crippen MR) is 101 cm³/mol. The zero-order valence-electron chi connectivity index (χ0n) is 16.4. The molecule has 0 fully saturated rings. The highest BCUT2D eigenvalue weighted by Gasteiger charge is 2.19. The Morgan fingerprint density at radius 3 is 2.07 bits per heavy atom. The normalized spacial score (nSPS) is 35.0. The largest absolute Gasteiger partial charge is 0.459 e. The molecule has 0 saturated carbocycles. The monoisotopic (exact) mass is 400 g/mol. The number of carbonyl (C=O) groups is 2. The van der Waals surface area contributed by atoms with Gasteiger partial charge in [0.05, 0.1) is 24.4 Å². The maximum Gasteiger partial charge on any atom is 0.330 e. The molecule has 0 aromatic carbocycles. The van der Waals surface area contributed by atoms with Crippen molar-refractivity contribution in [1.29, 1.82) is 0 Å². The predicted octanol–water partition coefficient (Wildman–Crippen LogP) is 0.760. The summed E-state index contributed by atoms with van der Waals surface area (Å²) < 4.78 is 10.4. The first-order valence-corrected chi connectivity index (χ1v) is 9.65. The van der Waals surface area contributed by atoms with Crippen molar-refractivity contribution in [3.63, 3.8) is 0 Å². The summed E-state index contributed by atoms with van der Waals surface area (Å²) in [5.41, 5.74) is 0. The van der Waals surface area contributed by atoms with Crippen molar-refractivity contribution >= 4 is 11.9 Å². The van der Waals surface area contributed by atoms with Crippen LogP contribution in [0.15, 0.2) is 24.3 Å². The lowest BCUT2D eigenvalue weighted by molar-refractivity contribution is -0.145. The van der Waals surface area contributed by atoms with Crippen LogP contribution in [-0.4, -0.2) is 69.0 Å². The number of cyclic esters (lactones) is 2. The van der Waals surface area contributed by atoms with Crippen LogP contribution in [0.2, 0.25) is 0 Å². The van der Waals surface area contributed by atoms with Gasteiger partial charge in [-0.05, 0) is 51.7 Å². The second-order valence-electron chi connectivity index (χ2n) is 7.29. The topological polar surface area (TPSA) is 134 Å². The van der Waals surface area contributed by atoms with Gasteiger partial charge >= 0.3 is 11.9 Å². The van der Waals surface area contributed by atoms with Crippen LogP contribution in [-0.2, 0) is 19.1 Å². The van der Waals surface area contributed by atoms with E-state index in [1.807, 2.05) is 0 Å². The first kappa shape index (κ1) is 24.3. The van der Waals surface area contributed by atoms with Gasteiger partial charge in [-0.3, -0.25) is 0 Å². The molecule has 0 saturated heterocycles. The molecular weight excluding hydrogens is 368 g/mol. The number of aliphatic hydroxyl groups is 4. The molecule has 0 spiro atoms. The number of carbonyl (C=O) groups excluding carboxylic acids is 2. The molecule has 4 N–H and O–H groups in total. The quantitative estimate of drug-likeness (QED) is 0.499.